The van der Waals surface area contributed by atoms with E-state index in [2.05, 4.69) is 97.4 Å². The number of aliphatic hydroxyl groups is 2. The Labute approximate surface area is 332 Å². The second-order valence-electron chi connectivity index (χ2n) is 13.3. The predicted octanol–water partition coefficient (Wildman–Crippen LogP) is 10.7. The van der Waals surface area contributed by atoms with Gasteiger partial charge in [0.25, 0.3) is 0 Å². The minimum Gasteiger partial charge on any atom is -0.462 e. The lowest BCUT2D eigenvalue weighted by atomic mass is 10.1. The molecule has 0 heterocycles. The van der Waals surface area contributed by atoms with E-state index in [1.807, 2.05) is 6.08 Å². The molecule has 11 heteroatoms. The number of unbranched alkanes of at least 4 members (excludes halogenated alkanes) is 9. The Kier molecular flexibility index (Phi) is 37.3. The molecule has 0 aliphatic carbocycles. The Morgan fingerprint density at radius 1 is 0.564 bits per heavy atom. The summed E-state index contributed by atoms with van der Waals surface area (Å²) in [4.78, 5) is 34.9. The molecule has 314 valence electrons. The number of carbonyl (C=O) groups is 2. The summed E-state index contributed by atoms with van der Waals surface area (Å²) in [5.41, 5.74) is 0. The van der Waals surface area contributed by atoms with Crippen molar-refractivity contribution >= 4 is 19.8 Å². The molecule has 0 aromatic rings. The first kappa shape index (κ1) is 52.2. The highest BCUT2D eigenvalue weighted by molar-refractivity contribution is 7.47. The summed E-state index contributed by atoms with van der Waals surface area (Å²) in [6.45, 7) is 2.13. The zero-order valence-corrected chi connectivity index (χ0v) is 34.7. The number of esters is 2. The first-order valence-corrected chi connectivity index (χ1v) is 22.0. The van der Waals surface area contributed by atoms with Crippen LogP contribution in [0.1, 0.15) is 142 Å². The first-order valence-electron chi connectivity index (χ1n) is 20.5. The molecule has 0 fully saturated rings. The predicted molar refractivity (Wildman–Crippen MR) is 223 cm³/mol. The molecular formula is C44H73O10P. The number of hydrogen-bond donors (Lipinski definition) is 3. The lowest BCUT2D eigenvalue weighted by molar-refractivity contribution is -0.161. The molecule has 0 saturated heterocycles. The quantitative estimate of drug-likeness (QED) is 0.0240. The third-order valence-corrected chi connectivity index (χ3v) is 8.98. The van der Waals surface area contributed by atoms with E-state index >= 15 is 0 Å². The molecule has 0 rings (SSSR count). The second kappa shape index (κ2) is 39.4. The number of carbonyl (C=O) groups excluding carboxylic acids is 2. The van der Waals surface area contributed by atoms with Gasteiger partial charge in [0.1, 0.15) is 12.7 Å². The van der Waals surface area contributed by atoms with Crippen LogP contribution in [0, 0.1) is 0 Å². The summed E-state index contributed by atoms with van der Waals surface area (Å²) < 4.78 is 32.6. The third-order valence-electron chi connectivity index (χ3n) is 8.03. The Bertz CT molecular complexity index is 1190. The van der Waals surface area contributed by atoms with Crippen molar-refractivity contribution < 1.29 is 47.8 Å². The summed E-state index contributed by atoms with van der Waals surface area (Å²) in [5.74, 6) is -1.02. The SMILES string of the molecule is CC/C=C\C/C=C\C/C=C\CCCCCCCC(=O)O[C@H](COC(=O)CCC/C=C\C/C=C\C/C=C\C/C=C\CCCCC)COP(=O)(O)OC[C@@H](O)CO. The van der Waals surface area contributed by atoms with Crippen LogP contribution in [0.25, 0.3) is 0 Å². The van der Waals surface area contributed by atoms with Crippen molar-refractivity contribution in [1.82, 2.24) is 0 Å². The molecule has 55 heavy (non-hydrogen) atoms. The van der Waals surface area contributed by atoms with E-state index in [0.717, 1.165) is 77.0 Å². The van der Waals surface area contributed by atoms with Crippen LogP contribution in [-0.4, -0.2) is 65.7 Å². The van der Waals surface area contributed by atoms with Gasteiger partial charge in [-0.1, -0.05) is 131 Å². The maximum absolute atomic E-state index is 12.6. The lowest BCUT2D eigenvalue weighted by Crippen LogP contribution is -2.29. The average molecular weight is 793 g/mol. The second-order valence-corrected chi connectivity index (χ2v) is 14.7. The number of phosphoric acid groups is 1. The van der Waals surface area contributed by atoms with E-state index in [1.165, 1.54) is 19.3 Å². The van der Waals surface area contributed by atoms with E-state index in [-0.39, 0.29) is 19.4 Å². The van der Waals surface area contributed by atoms with Gasteiger partial charge in [0.15, 0.2) is 6.10 Å². The lowest BCUT2D eigenvalue weighted by Gasteiger charge is -2.20. The topological polar surface area (TPSA) is 149 Å². The summed E-state index contributed by atoms with van der Waals surface area (Å²) in [6, 6.07) is 0. The highest BCUT2D eigenvalue weighted by Crippen LogP contribution is 2.43. The van der Waals surface area contributed by atoms with Crippen molar-refractivity contribution in [1.29, 1.82) is 0 Å². The highest BCUT2D eigenvalue weighted by atomic mass is 31.2. The Morgan fingerprint density at radius 3 is 1.56 bits per heavy atom. The fourth-order valence-corrected chi connectivity index (χ4v) is 5.67. The van der Waals surface area contributed by atoms with E-state index in [0.29, 0.717) is 19.3 Å². The molecule has 0 amide bonds. The van der Waals surface area contributed by atoms with Crippen molar-refractivity contribution in [3.8, 4) is 0 Å². The molecule has 1 unspecified atom stereocenters. The molecule has 3 N–H and O–H groups in total. The number of ether oxygens (including phenoxy) is 2. The number of phosphoric ester groups is 1. The normalized spacial score (nSPS) is 14.8. The summed E-state index contributed by atoms with van der Waals surface area (Å²) in [7, 11) is -4.64. The molecule has 3 atom stereocenters. The molecule has 0 aromatic carbocycles. The number of aliphatic hydroxyl groups excluding tert-OH is 2. The maximum atomic E-state index is 12.6. The Morgan fingerprint density at radius 2 is 1.02 bits per heavy atom. The Balaban J connectivity index is 4.47. The van der Waals surface area contributed by atoms with Gasteiger partial charge >= 0.3 is 19.8 Å². The molecule has 0 spiro atoms. The van der Waals surface area contributed by atoms with Crippen LogP contribution >= 0.6 is 7.82 Å². The number of allylic oxidation sites excluding steroid dienone is 14. The molecule has 0 aliphatic heterocycles. The molecule has 0 radical (unpaired) electrons. The molecule has 0 aromatic heterocycles. The largest absolute Gasteiger partial charge is 0.472 e. The summed E-state index contributed by atoms with van der Waals surface area (Å²) in [6.07, 6.45) is 45.5. The van der Waals surface area contributed by atoms with Crippen molar-refractivity contribution in [2.75, 3.05) is 26.4 Å². The average Bonchev–Trinajstić information content (AvgIpc) is 3.17. The van der Waals surface area contributed by atoms with Gasteiger partial charge in [-0.3, -0.25) is 18.6 Å². The van der Waals surface area contributed by atoms with Gasteiger partial charge < -0.3 is 24.6 Å². The fourth-order valence-electron chi connectivity index (χ4n) is 4.88. The maximum Gasteiger partial charge on any atom is 0.472 e. The van der Waals surface area contributed by atoms with Crippen LogP contribution in [0.15, 0.2) is 85.1 Å². The number of hydrogen-bond acceptors (Lipinski definition) is 9. The zero-order chi connectivity index (χ0) is 40.5. The van der Waals surface area contributed by atoms with Crippen molar-refractivity contribution in [2.45, 2.75) is 154 Å². The smallest absolute Gasteiger partial charge is 0.462 e. The van der Waals surface area contributed by atoms with Crippen LogP contribution < -0.4 is 0 Å². The van der Waals surface area contributed by atoms with Gasteiger partial charge in [-0.05, 0) is 83.5 Å². The van der Waals surface area contributed by atoms with Crippen LogP contribution in [0.3, 0.4) is 0 Å². The summed E-state index contributed by atoms with van der Waals surface area (Å²) >= 11 is 0. The van der Waals surface area contributed by atoms with Gasteiger partial charge in [-0.2, -0.15) is 0 Å². The van der Waals surface area contributed by atoms with Gasteiger partial charge in [0, 0.05) is 12.8 Å². The van der Waals surface area contributed by atoms with Crippen LogP contribution in [0.4, 0.5) is 0 Å². The van der Waals surface area contributed by atoms with Crippen LogP contribution in [-0.2, 0) is 32.7 Å². The minimum absolute atomic E-state index is 0.148. The fraction of sp³-hybridized carbons (Fsp3) is 0.636. The molecule has 10 nitrogen and oxygen atoms in total. The highest BCUT2D eigenvalue weighted by Gasteiger charge is 2.27. The molecule has 0 bridgehead atoms. The van der Waals surface area contributed by atoms with E-state index in [9.17, 15) is 24.2 Å². The van der Waals surface area contributed by atoms with E-state index in [4.69, 9.17) is 19.1 Å². The van der Waals surface area contributed by atoms with Gasteiger partial charge in [-0.15, -0.1) is 0 Å². The van der Waals surface area contributed by atoms with Crippen molar-refractivity contribution in [3.05, 3.63) is 85.1 Å². The van der Waals surface area contributed by atoms with Gasteiger partial charge in [-0.25, -0.2) is 4.57 Å². The Hall–Kier alpha value is -2.85. The molecule has 0 aliphatic rings. The molecule has 0 saturated carbocycles. The van der Waals surface area contributed by atoms with Crippen molar-refractivity contribution in [2.24, 2.45) is 0 Å². The van der Waals surface area contributed by atoms with Gasteiger partial charge in [0.05, 0.1) is 19.8 Å². The standard InChI is InChI=1S/C44H73O10P/c1-3-5-7-9-11-13-15-17-19-20-22-23-25-27-29-31-33-35-43(47)51-39-42(40-53-55(49,50)52-38-41(46)37-45)54-44(48)36-34-32-30-28-26-24-21-18-16-14-12-10-8-6-4-2/h6,8,11-14,17-19,21-23,27,29,41-42,45-46H,3-5,7,9-10,15-16,20,24-26,28,30-40H2,1-2H3,(H,49,50)/b8-6-,13-11-,14-12-,19-17-,21-18-,23-22-,29-27-/t41-,42+/m0/s1. The van der Waals surface area contributed by atoms with Gasteiger partial charge in [0.2, 0.25) is 0 Å². The van der Waals surface area contributed by atoms with Crippen LogP contribution in [0.2, 0.25) is 0 Å². The van der Waals surface area contributed by atoms with E-state index in [1.54, 1.807) is 0 Å². The van der Waals surface area contributed by atoms with Crippen LogP contribution in [0.5, 0.6) is 0 Å². The third kappa shape index (κ3) is 39.2. The number of rotatable bonds is 37. The van der Waals surface area contributed by atoms with Crippen molar-refractivity contribution in [3.63, 3.8) is 0 Å². The first-order chi connectivity index (χ1) is 26.7. The molecular weight excluding hydrogens is 719 g/mol. The summed E-state index contributed by atoms with van der Waals surface area (Å²) in [5, 5.41) is 18.3. The minimum atomic E-state index is -4.64. The monoisotopic (exact) mass is 792 g/mol. The zero-order valence-electron chi connectivity index (χ0n) is 33.9. The van der Waals surface area contributed by atoms with E-state index < -0.39 is 51.8 Å².